The second kappa shape index (κ2) is 7.19. The van der Waals surface area contributed by atoms with Gasteiger partial charge in [0.05, 0.1) is 13.7 Å². The van der Waals surface area contributed by atoms with Crippen molar-refractivity contribution in [3.8, 4) is 11.5 Å². The highest BCUT2D eigenvalue weighted by atomic mass is 16.5. The second-order valence-electron chi connectivity index (χ2n) is 7.22. The summed E-state index contributed by atoms with van der Waals surface area (Å²) < 4.78 is 13.1. The number of nitrogens with zero attached hydrogens (tertiary/aromatic N) is 4. The van der Waals surface area contributed by atoms with Crippen LogP contribution in [0.5, 0.6) is 11.5 Å². The Kier molecular flexibility index (Phi) is 4.97. The molecule has 0 aliphatic rings. The molecule has 3 aromatic rings. The Labute approximate surface area is 153 Å². The summed E-state index contributed by atoms with van der Waals surface area (Å²) in [5.41, 5.74) is 0.601. The summed E-state index contributed by atoms with van der Waals surface area (Å²) in [4.78, 5) is 0. The Hall–Kier alpha value is -2.83. The van der Waals surface area contributed by atoms with Crippen LogP contribution in [-0.4, -0.2) is 39.6 Å². The number of hydrogen-bond donors (Lipinski definition) is 1. The maximum atomic E-state index is 5.96. The lowest BCUT2D eigenvalue weighted by Gasteiger charge is -2.18. The van der Waals surface area contributed by atoms with Gasteiger partial charge in [0.1, 0.15) is 11.9 Å². The van der Waals surface area contributed by atoms with Gasteiger partial charge in [-0.1, -0.05) is 32.9 Å². The zero-order chi connectivity index (χ0) is 18.7. The fraction of sp³-hybridized carbons (Fsp3) is 0.421. The highest BCUT2D eigenvalue weighted by Gasteiger charge is 2.21. The van der Waals surface area contributed by atoms with Gasteiger partial charge in [0.25, 0.3) is 0 Å². The van der Waals surface area contributed by atoms with Gasteiger partial charge >= 0.3 is 0 Å². The van der Waals surface area contributed by atoms with Gasteiger partial charge in [0.2, 0.25) is 0 Å². The first-order chi connectivity index (χ1) is 12.4. The first kappa shape index (κ1) is 18.0. The van der Waals surface area contributed by atoms with Crippen LogP contribution in [0.4, 0.5) is 5.82 Å². The van der Waals surface area contributed by atoms with E-state index >= 15 is 0 Å². The summed E-state index contributed by atoms with van der Waals surface area (Å²) in [5, 5.41) is 16.4. The Morgan fingerprint density at radius 3 is 2.50 bits per heavy atom. The van der Waals surface area contributed by atoms with Crippen molar-refractivity contribution in [1.29, 1.82) is 0 Å². The molecule has 0 radical (unpaired) electrons. The SMILES string of the molecule is COc1ccccc1OC(C)CNc1ccc2nnc(C(C)(C)C)n2n1. The minimum atomic E-state index is -0.134. The molecule has 2 heterocycles. The summed E-state index contributed by atoms with van der Waals surface area (Å²) in [6.45, 7) is 8.87. The number of anilines is 1. The van der Waals surface area contributed by atoms with E-state index < -0.39 is 0 Å². The third-order valence-electron chi connectivity index (χ3n) is 3.90. The lowest BCUT2D eigenvalue weighted by Crippen LogP contribution is -2.24. The van der Waals surface area contributed by atoms with Gasteiger partial charge in [0.15, 0.2) is 23.0 Å². The topological polar surface area (TPSA) is 73.6 Å². The van der Waals surface area contributed by atoms with E-state index in [1.165, 1.54) is 0 Å². The Morgan fingerprint density at radius 1 is 1.08 bits per heavy atom. The fourth-order valence-electron chi connectivity index (χ4n) is 2.57. The molecule has 138 valence electrons. The largest absolute Gasteiger partial charge is 0.493 e. The molecule has 7 heteroatoms. The van der Waals surface area contributed by atoms with Crippen LogP contribution in [0.15, 0.2) is 36.4 Å². The highest BCUT2D eigenvalue weighted by molar-refractivity contribution is 5.44. The van der Waals surface area contributed by atoms with E-state index in [0.717, 1.165) is 28.8 Å². The van der Waals surface area contributed by atoms with Crippen molar-refractivity contribution in [3.05, 3.63) is 42.2 Å². The zero-order valence-corrected chi connectivity index (χ0v) is 15.9. The van der Waals surface area contributed by atoms with Gasteiger partial charge in [-0.3, -0.25) is 0 Å². The van der Waals surface area contributed by atoms with E-state index in [0.29, 0.717) is 6.54 Å². The van der Waals surface area contributed by atoms with Gasteiger partial charge in [0, 0.05) is 5.41 Å². The van der Waals surface area contributed by atoms with Gasteiger partial charge < -0.3 is 14.8 Å². The molecule has 7 nitrogen and oxygen atoms in total. The van der Waals surface area contributed by atoms with Crippen LogP contribution in [0.2, 0.25) is 0 Å². The number of hydrogen-bond acceptors (Lipinski definition) is 6. The average molecular weight is 355 g/mol. The standard InChI is InChI=1S/C19H25N5O2/c1-13(26-15-9-7-6-8-14(15)25-5)12-20-16-10-11-17-21-22-18(19(2,3)4)24(17)23-16/h6-11,13H,12H2,1-5H3,(H,20,23). The quantitative estimate of drug-likeness (QED) is 0.731. The molecule has 0 amide bonds. The molecule has 0 bridgehead atoms. The minimum Gasteiger partial charge on any atom is -0.493 e. The molecule has 1 aromatic carbocycles. The van der Waals surface area contributed by atoms with E-state index in [2.05, 4.69) is 41.4 Å². The molecule has 1 N–H and O–H groups in total. The molecule has 1 atom stereocenters. The molecule has 0 saturated carbocycles. The first-order valence-electron chi connectivity index (χ1n) is 8.65. The Bertz CT molecular complexity index is 885. The van der Waals surface area contributed by atoms with Crippen LogP contribution in [0.25, 0.3) is 5.65 Å². The summed E-state index contributed by atoms with van der Waals surface area (Å²) >= 11 is 0. The lowest BCUT2D eigenvalue weighted by molar-refractivity contribution is 0.223. The smallest absolute Gasteiger partial charge is 0.178 e. The van der Waals surface area contributed by atoms with Gasteiger partial charge in [-0.05, 0) is 31.2 Å². The third kappa shape index (κ3) is 3.87. The molecule has 0 fully saturated rings. The van der Waals surface area contributed by atoms with Crippen molar-refractivity contribution >= 4 is 11.5 Å². The van der Waals surface area contributed by atoms with Gasteiger partial charge in [-0.25, -0.2) is 0 Å². The Morgan fingerprint density at radius 2 is 1.81 bits per heavy atom. The summed E-state index contributed by atoms with van der Waals surface area (Å²) in [6.07, 6.45) is -0.0632. The van der Waals surface area contributed by atoms with Crippen LogP contribution in [0.3, 0.4) is 0 Å². The van der Waals surface area contributed by atoms with Crippen LogP contribution in [-0.2, 0) is 5.41 Å². The molecule has 0 aliphatic heterocycles. The second-order valence-corrected chi connectivity index (χ2v) is 7.22. The maximum Gasteiger partial charge on any atom is 0.178 e. The van der Waals surface area contributed by atoms with E-state index in [1.54, 1.807) is 11.6 Å². The molecule has 0 saturated heterocycles. The molecule has 26 heavy (non-hydrogen) atoms. The average Bonchev–Trinajstić information content (AvgIpc) is 3.04. The van der Waals surface area contributed by atoms with Gasteiger partial charge in [-0.2, -0.15) is 4.52 Å². The van der Waals surface area contributed by atoms with Crippen molar-refractivity contribution in [2.24, 2.45) is 0 Å². The fourth-order valence-corrected chi connectivity index (χ4v) is 2.57. The third-order valence-corrected chi connectivity index (χ3v) is 3.90. The van der Waals surface area contributed by atoms with E-state index in [9.17, 15) is 0 Å². The van der Waals surface area contributed by atoms with Crippen molar-refractivity contribution in [2.45, 2.75) is 39.2 Å². The number of fused-ring (bicyclic) bond motifs is 1. The molecular weight excluding hydrogens is 330 g/mol. The van der Waals surface area contributed by atoms with Crippen LogP contribution in [0.1, 0.15) is 33.5 Å². The molecular formula is C19H25N5O2. The number of methoxy groups -OCH3 is 1. The minimum absolute atomic E-state index is 0.0632. The molecule has 3 rings (SSSR count). The van der Waals surface area contributed by atoms with Crippen molar-refractivity contribution in [3.63, 3.8) is 0 Å². The van der Waals surface area contributed by atoms with Crippen molar-refractivity contribution in [2.75, 3.05) is 19.0 Å². The number of para-hydroxylation sites is 2. The van der Waals surface area contributed by atoms with Crippen LogP contribution < -0.4 is 14.8 Å². The summed E-state index contributed by atoms with van der Waals surface area (Å²) in [6, 6.07) is 11.4. The number of ether oxygens (including phenoxy) is 2. The molecule has 0 aliphatic carbocycles. The normalized spacial score (nSPS) is 12.8. The predicted octanol–water partition coefficient (Wildman–Crippen LogP) is 3.31. The summed E-state index contributed by atoms with van der Waals surface area (Å²) in [7, 11) is 1.64. The maximum absolute atomic E-state index is 5.96. The van der Waals surface area contributed by atoms with Gasteiger partial charge in [-0.15, -0.1) is 15.3 Å². The Balaban J connectivity index is 1.69. The number of rotatable bonds is 6. The summed E-state index contributed by atoms with van der Waals surface area (Å²) in [5.74, 6) is 3.02. The number of nitrogens with one attached hydrogen (secondary N) is 1. The van der Waals surface area contributed by atoms with Crippen molar-refractivity contribution < 1.29 is 9.47 Å². The predicted molar refractivity (Wildman–Crippen MR) is 101 cm³/mol. The van der Waals surface area contributed by atoms with Crippen LogP contribution >= 0.6 is 0 Å². The monoisotopic (exact) mass is 355 g/mol. The zero-order valence-electron chi connectivity index (χ0n) is 15.9. The van der Waals surface area contributed by atoms with E-state index in [-0.39, 0.29) is 11.5 Å². The van der Waals surface area contributed by atoms with E-state index in [1.807, 2.05) is 43.3 Å². The first-order valence-corrected chi connectivity index (χ1v) is 8.65. The number of aromatic nitrogens is 4. The van der Waals surface area contributed by atoms with Crippen LogP contribution in [0, 0.1) is 0 Å². The lowest BCUT2D eigenvalue weighted by atomic mass is 9.96. The molecule has 1 unspecified atom stereocenters. The number of benzene rings is 1. The van der Waals surface area contributed by atoms with Crippen molar-refractivity contribution in [1.82, 2.24) is 19.8 Å². The highest BCUT2D eigenvalue weighted by Crippen LogP contribution is 2.27. The molecule has 0 spiro atoms. The van der Waals surface area contributed by atoms with E-state index in [4.69, 9.17) is 9.47 Å². The molecule has 2 aromatic heterocycles.